The molecule has 0 spiro atoms. The van der Waals surface area contributed by atoms with Gasteiger partial charge in [-0.1, -0.05) is 19.1 Å². The highest BCUT2D eigenvalue weighted by Crippen LogP contribution is 2.30. The summed E-state index contributed by atoms with van der Waals surface area (Å²) in [5.41, 5.74) is 1.19. The molecular weight excluding hydrogens is 250 g/mol. The Balaban J connectivity index is 1.81. The zero-order chi connectivity index (χ0) is 13.8. The van der Waals surface area contributed by atoms with Crippen LogP contribution >= 0.6 is 0 Å². The van der Waals surface area contributed by atoms with E-state index in [1.54, 1.807) is 6.26 Å². The van der Waals surface area contributed by atoms with Gasteiger partial charge in [0, 0.05) is 0 Å². The molecule has 106 valence electrons. The van der Waals surface area contributed by atoms with Crippen LogP contribution in [0.1, 0.15) is 43.6 Å². The van der Waals surface area contributed by atoms with Crippen LogP contribution in [-0.4, -0.2) is 12.6 Å². The highest BCUT2D eigenvalue weighted by Gasteiger charge is 2.24. The van der Waals surface area contributed by atoms with E-state index in [0.717, 1.165) is 24.5 Å². The van der Waals surface area contributed by atoms with E-state index in [9.17, 15) is 0 Å². The van der Waals surface area contributed by atoms with E-state index in [1.807, 2.05) is 18.2 Å². The average Bonchev–Trinajstić information content (AvgIpc) is 3.11. The van der Waals surface area contributed by atoms with E-state index in [2.05, 4.69) is 30.4 Å². The van der Waals surface area contributed by atoms with Crippen molar-refractivity contribution in [2.45, 2.75) is 38.3 Å². The SMILES string of the molecule is CCCNC(c1cccc(OC2CC2)c1)c1ccco1. The van der Waals surface area contributed by atoms with E-state index in [1.165, 1.54) is 18.4 Å². The van der Waals surface area contributed by atoms with Gasteiger partial charge < -0.3 is 14.5 Å². The summed E-state index contributed by atoms with van der Waals surface area (Å²) in [4.78, 5) is 0. The molecule has 0 bridgehead atoms. The van der Waals surface area contributed by atoms with Crippen molar-refractivity contribution in [3.05, 3.63) is 54.0 Å². The Bertz CT molecular complexity index is 532. The standard InChI is InChI=1S/C17H21NO2/c1-2-10-18-17(16-7-4-11-19-16)13-5-3-6-15(12-13)20-14-8-9-14/h3-7,11-12,14,17-18H,2,8-10H2,1H3. The largest absolute Gasteiger partial charge is 0.490 e. The third-order valence-corrected chi connectivity index (χ3v) is 3.44. The van der Waals surface area contributed by atoms with Crippen molar-refractivity contribution in [2.75, 3.05) is 6.54 Å². The van der Waals surface area contributed by atoms with Crippen LogP contribution in [0.5, 0.6) is 5.75 Å². The van der Waals surface area contributed by atoms with Gasteiger partial charge in [0.25, 0.3) is 0 Å². The van der Waals surface area contributed by atoms with E-state index >= 15 is 0 Å². The van der Waals surface area contributed by atoms with Crippen LogP contribution in [0.2, 0.25) is 0 Å². The maximum atomic E-state index is 5.88. The smallest absolute Gasteiger partial charge is 0.125 e. The maximum Gasteiger partial charge on any atom is 0.125 e. The fourth-order valence-electron chi connectivity index (χ4n) is 2.27. The molecule has 1 N–H and O–H groups in total. The molecule has 3 rings (SSSR count). The minimum atomic E-state index is 0.0905. The van der Waals surface area contributed by atoms with Gasteiger partial charge in [-0.05, 0) is 55.6 Å². The quantitative estimate of drug-likeness (QED) is 0.829. The number of ether oxygens (including phenoxy) is 1. The summed E-state index contributed by atoms with van der Waals surface area (Å²) < 4.78 is 11.5. The minimum Gasteiger partial charge on any atom is -0.490 e. The fraction of sp³-hybridized carbons (Fsp3) is 0.412. The van der Waals surface area contributed by atoms with E-state index in [4.69, 9.17) is 9.15 Å². The van der Waals surface area contributed by atoms with E-state index in [0.29, 0.717) is 6.10 Å². The minimum absolute atomic E-state index is 0.0905. The van der Waals surface area contributed by atoms with Crippen molar-refractivity contribution in [1.29, 1.82) is 0 Å². The van der Waals surface area contributed by atoms with Gasteiger partial charge in [0.05, 0.1) is 18.4 Å². The van der Waals surface area contributed by atoms with Gasteiger partial charge in [0.15, 0.2) is 0 Å². The number of benzene rings is 1. The first-order chi connectivity index (χ1) is 9.86. The number of nitrogens with one attached hydrogen (secondary N) is 1. The van der Waals surface area contributed by atoms with Crippen LogP contribution in [0.4, 0.5) is 0 Å². The van der Waals surface area contributed by atoms with Gasteiger partial charge in [-0.25, -0.2) is 0 Å². The Morgan fingerprint density at radius 3 is 2.90 bits per heavy atom. The molecule has 3 nitrogen and oxygen atoms in total. The van der Waals surface area contributed by atoms with Crippen LogP contribution in [-0.2, 0) is 0 Å². The molecule has 0 aliphatic heterocycles. The van der Waals surface area contributed by atoms with Gasteiger partial charge in [-0.2, -0.15) is 0 Å². The molecule has 1 aromatic heterocycles. The van der Waals surface area contributed by atoms with Crippen molar-refractivity contribution >= 4 is 0 Å². The Labute approximate surface area is 119 Å². The summed E-state index contributed by atoms with van der Waals surface area (Å²) in [5, 5.41) is 3.53. The molecular formula is C17H21NO2. The molecule has 3 heteroatoms. The Kier molecular flexibility index (Phi) is 4.07. The van der Waals surface area contributed by atoms with Gasteiger partial charge in [0.1, 0.15) is 11.5 Å². The third kappa shape index (κ3) is 3.23. The molecule has 1 heterocycles. The summed E-state index contributed by atoms with van der Waals surface area (Å²) >= 11 is 0. The normalized spacial score (nSPS) is 16.1. The Morgan fingerprint density at radius 2 is 2.20 bits per heavy atom. The zero-order valence-electron chi connectivity index (χ0n) is 11.8. The van der Waals surface area contributed by atoms with Crippen molar-refractivity contribution in [2.24, 2.45) is 0 Å². The molecule has 1 aliphatic carbocycles. The molecule has 0 amide bonds. The van der Waals surface area contributed by atoms with Crippen molar-refractivity contribution in [1.82, 2.24) is 5.32 Å². The molecule has 1 aliphatic rings. The zero-order valence-corrected chi connectivity index (χ0v) is 11.8. The van der Waals surface area contributed by atoms with Crippen LogP contribution in [0, 0.1) is 0 Å². The predicted octanol–water partition coefficient (Wildman–Crippen LogP) is 3.91. The van der Waals surface area contributed by atoms with Gasteiger partial charge in [-0.15, -0.1) is 0 Å². The number of hydrogen-bond donors (Lipinski definition) is 1. The molecule has 0 radical (unpaired) electrons. The third-order valence-electron chi connectivity index (χ3n) is 3.44. The number of furan rings is 1. The van der Waals surface area contributed by atoms with Crippen LogP contribution in [0.3, 0.4) is 0 Å². The summed E-state index contributed by atoms with van der Waals surface area (Å²) in [6, 6.07) is 12.4. The molecule has 1 unspecified atom stereocenters. The second-order valence-corrected chi connectivity index (χ2v) is 5.29. The topological polar surface area (TPSA) is 34.4 Å². The summed E-state index contributed by atoms with van der Waals surface area (Å²) in [5.74, 6) is 1.90. The second kappa shape index (κ2) is 6.14. The lowest BCUT2D eigenvalue weighted by Gasteiger charge is -2.17. The number of hydrogen-bond acceptors (Lipinski definition) is 3. The fourth-order valence-corrected chi connectivity index (χ4v) is 2.27. The second-order valence-electron chi connectivity index (χ2n) is 5.29. The highest BCUT2D eigenvalue weighted by molar-refractivity contribution is 5.34. The summed E-state index contributed by atoms with van der Waals surface area (Å²) in [6.45, 7) is 3.12. The first kappa shape index (κ1) is 13.3. The molecule has 1 aromatic carbocycles. The maximum absolute atomic E-state index is 5.88. The summed E-state index contributed by atoms with van der Waals surface area (Å²) in [6.07, 6.45) is 5.60. The van der Waals surface area contributed by atoms with Crippen LogP contribution in [0.25, 0.3) is 0 Å². The first-order valence-corrected chi connectivity index (χ1v) is 7.40. The van der Waals surface area contributed by atoms with Gasteiger partial charge >= 0.3 is 0 Å². The predicted molar refractivity (Wildman–Crippen MR) is 78.9 cm³/mol. The molecule has 20 heavy (non-hydrogen) atoms. The Hall–Kier alpha value is -1.74. The van der Waals surface area contributed by atoms with Crippen molar-refractivity contribution < 1.29 is 9.15 Å². The highest BCUT2D eigenvalue weighted by atomic mass is 16.5. The lowest BCUT2D eigenvalue weighted by Crippen LogP contribution is -2.22. The molecule has 1 fully saturated rings. The van der Waals surface area contributed by atoms with Gasteiger partial charge in [0.2, 0.25) is 0 Å². The lowest BCUT2D eigenvalue weighted by atomic mass is 10.0. The van der Waals surface area contributed by atoms with Crippen LogP contribution in [0.15, 0.2) is 47.1 Å². The summed E-state index contributed by atoms with van der Waals surface area (Å²) in [7, 11) is 0. The average molecular weight is 271 g/mol. The Morgan fingerprint density at radius 1 is 1.30 bits per heavy atom. The van der Waals surface area contributed by atoms with E-state index < -0.39 is 0 Å². The molecule has 2 aromatic rings. The molecule has 0 saturated heterocycles. The van der Waals surface area contributed by atoms with Gasteiger partial charge in [-0.3, -0.25) is 0 Å². The van der Waals surface area contributed by atoms with Crippen molar-refractivity contribution in [3.8, 4) is 5.75 Å². The van der Waals surface area contributed by atoms with E-state index in [-0.39, 0.29) is 6.04 Å². The molecule has 1 atom stereocenters. The number of rotatable bonds is 7. The monoisotopic (exact) mass is 271 g/mol. The molecule has 1 saturated carbocycles. The van der Waals surface area contributed by atoms with Crippen LogP contribution < -0.4 is 10.1 Å². The first-order valence-electron chi connectivity index (χ1n) is 7.40. The van der Waals surface area contributed by atoms with Crippen molar-refractivity contribution in [3.63, 3.8) is 0 Å². The lowest BCUT2D eigenvalue weighted by molar-refractivity contribution is 0.302.